The van der Waals surface area contributed by atoms with Crippen molar-refractivity contribution in [2.75, 3.05) is 20.1 Å². The van der Waals surface area contributed by atoms with Gasteiger partial charge < -0.3 is 10.4 Å². The lowest BCUT2D eigenvalue weighted by atomic mass is 10.1. The van der Waals surface area contributed by atoms with E-state index in [9.17, 15) is 5.11 Å². The maximum Gasteiger partial charge on any atom is 0.120 e. The highest BCUT2D eigenvalue weighted by Crippen LogP contribution is 2.18. The molecule has 3 nitrogen and oxygen atoms in total. The van der Waals surface area contributed by atoms with Gasteiger partial charge in [0.1, 0.15) is 5.75 Å². The Labute approximate surface area is 84.4 Å². The van der Waals surface area contributed by atoms with Crippen LogP contribution in [0.25, 0.3) is 0 Å². The summed E-state index contributed by atoms with van der Waals surface area (Å²) in [5, 5.41) is 12.8. The Morgan fingerprint density at radius 2 is 2.14 bits per heavy atom. The van der Waals surface area contributed by atoms with Crippen molar-refractivity contribution in [3.8, 4) is 5.75 Å². The van der Waals surface area contributed by atoms with Crippen LogP contribution in [0.5, 0.6) is 5.75 Å². The molecular weight excluding hydrogens is 176 g/mol. The lowest BCUT2D eigenvalue weighted by molar-refractivity contribution is 0.171. The predicted octanol–water partition coefficient (Wildman–Crippen LogP) is 0.796. The third kappa shape index (κ3) is 1.89. The predicted molar refractivity (Wildman–Crippen MR) is 56.2 cm³/mol. The molecule has 0 unspecified atom stereocenters. The summed E-state index contributed by atoms with van der Waals surface area (Å²) in [6, 6.07) is 8.14. The maximum absolute atomic E-state index is 9.59. The average Bonchev–Trinajstić information content (AvgIpc) is 2.05. The molecule has 0 atom stereocenters. The number of hydrogen-bond donors (Lipinski definition) is 2. The molecule has 1 aliphatic rings. The number of likely N-dealkylation sites (N-methyl/N-ethyl adjacent to an activating group) is 1. The summed E-state index contributed by atoms with van der Waals surface area (Å²) in [5.41, 5.74) is 1.00. The highest BCUT2D eigenvalue weighted by Gasteiger charge is 2.21. The summed E-state index contributed by atoms with van der Waals surface area (Å²) in [4.78, 5) is 2.27. The van der Waals surface area contributed by atoms with Crippen molar-refractivity contribution in [2.45, 2.75) is 12.6 Å². The topological polar surface area (TPSA) is 35.5 Å². The van der Waals surface area contributed by atoms with Crippen molar-refractivity contribution in [1.82, 2.24) is 10.2 Å². The molecule has 0 spiro atoms. The number of nitrogens with zero attached hydrogens (tertiary/aromatic N) is 1. The van der Waals surface area contributed by atoms with Gasteiger partial charge in [0.2, 0.25) is 0 Å². The molecule has 2 N–H and O–H groups in total. The molecule has 0 aromatic heterocycles. The van der Waals surface area contributed by atoms with Gasteiger partial charge in [0.25, 0.3) is 0 Å². The molecule has 1 saturated heterocycles. The number of aromatic hydroxyl groups is 1. The molecule has 1 fully saturated rings. The molecule has 0 radical (unpaired) electrons. The van der Waals surface area contributed by atoms with E-state index < -0.39 is 0 Å². The zero-order valence-electron chi connectivity index (χ0n) is 8.40. The highest BCUT2D eigenvalue weighted by atomic mass is 16.3. The lowest BCUT2D eigenvalue weighted by Crippen LogP contribution is -2.55. The number of rotatable bonds is 3. The molecule has 0 saturated carbocycles. The summed E-state index contributed by atoms with van der Waals surface area (Å²) in [7, 11) is 2.10. The molecule has 3 heteroatoms. The fourth-order valence-corrected chi connectivity index (χ4v) is 1.63. The number of para-hydroxylation sites is 1. The molecule has 1 aromatic carbocycles. The van der Waals surface area contributed by atoms with E-state index in [0.29, 0.717) is 11.8 Å². The quantitative estimate of drug-likeness (QED) is 0.743. The maximum atomic E-state index is 9.59. The Bertz CT molecular complexity index is 310. The molecule has 0 aliphatic carbocycles. The third-order valence-corrected chi connectivity index (χ3v) is 2.79. The monoisotopic (exact) mass is 192 g/mol. The van der Waals surface area contributed by atoms with Gasteiger partial charge in [-0.3, -0.25) is 4.90 Å². The molecule has 1 aromatic rings. The van der Waals surface area contributed by atoms with Gasteiger partial charge >= 0.3 is 0 Å². The van der Waals surface area contributed by atoms with Crippen LogP contribution in [0.1, 0.15) is 5.56 Å². The van der Waals surface area contributed by atoms with Gasteiger partial charge in [-0.25, -0.2) is 0 Å². The number of hydrogen-bond acceptors (Lipinski definition) is 3. The Morgan fingerprint density at radius 1 is 1.43 bits per heavy atom. The van der Waals surface area contributed by atoms with Crippen LogP contribution < -0.4 is 5.32 Å². The minimum atomic E-state index is 0.395. The minimum absolute atomic E-state index is 0.395. The van der Waals surface area contributed by atoms with Crippen LogP contribution in [0, 0.1) is 0 Å². The first-order valence-corrected chi connectivity index (χ1v) is 4.95. The standard InChI is InChI=1S/C11H16N2O/c1-13(10-6-12-7-10)8-9-4-2-3-5-11(9)14/h2-5,10,12,14H,6-8H2,1H3. The molecule has 0 bridgehead atoms. The van der Waals surface area contributed by atoms with Gasteiger partial charge in [0, 0.05) is 31.2 Å². The molecule has 2 rings (SSSR count). The minimum Gasteiger partial charge on any atom is -0.508 e. The molecule has 14 heavy (non-hydrogen) atoms. The summed E-state index contributed by atoms with van der Waals surface area (Å²) in [6.45, 7) is 2.94. The fourth-order valence-electron chi connectivity index (χ4n) is 1.63. The van der Waals surface area contributed by atoms with Crippen LogP contribution in [0.4, 0.5) is 0 Å². The first kappa shape index (κ1) is 9.49. The molecule has 1 heterocycles. The van der Waals surface area contributed by atoms with E-state index in [0.717, 1.165) is 25.2 Å². The van der Waals surface area contributed by atoms with Crippen LogP contribution in [0.2, 0.25) is 0 Å². The highest BCUT2D eigenvalue weighted by molar-refractivity contribution is 5.31. The van der Waals surface area contributed by atoms with Gasteiger partial charge in [0.15, 0.2) is 0 Å². The van der Waals surface area contributed by atoms with Crippen LogP contribution in [-0.2, 0) is 6.54 Å². The number of benzene rings is 1. The number of nitrogens with one attached hydrogen (secondary N) is 1. The van der Waals surface area contributed by atoms with Gasteiger partial charge in [0.05, 0.1) is 0 Å². The number of phenols is 1. The summed E-state index contributed by atoms with van der Waals surface area (Å²) in [5.74, 6) is 0.395. The largest absolute Gasteiger partial charge is 0.508 e. The van der Waals surface area contributed by atoms with Crippen molar-refractivity contribution in [3.63, 3.8) is 0 Å². The second-order valence-corrected chi connectivity index (χ2v) is 3.86. The Hall–Kier alpha value is -1.06. The summed E-state index contributed by atoms with van der Waals surface area (Å²) < 4.78 is 0. The molecular formula is C11H16N2O. The normalized spacial score (nSPS) is 17.0. The molecule has 1 aliphatic heterocycles. The van der Waals surface area contributed by atoms with E-state index in [1.165, 1.54) is 0 Å². The van der Waals surface area contributed by atoms with Gasteiger partial charge in [-0.15, -0.1) is 0 Å². The SMILES string of the molecule is CN(Cc1ccccc1O)C1CNC1. The van der Waals surface area contributed by atoms with E-state index in [1.54, 1.807) is 6.07 Å². The smallest absolute Gasteiger partial charge is 0.120 e. The molecule has 76 valence electrons. The van der Waals surface area contributed by atoms with Crippen LogP contribution in [0.3, 0.4) is 0 Å². The Balaban J connectivity index is 1.99. The van der Waals surface area contributed by atoms with Crippen LogP contribution in [-0.4, -0.2) is 36.2 Å². The lowest BCUT2D eigenvalue weighted by Gasteiger charge is -2.35. The fraction of sp³-hybridized carbons (Fsp3) is 0.455. The Morgan fingerprint density at radius 3 is 2.71 bits per heavy atom. The van der Waals surface area contributed by atoms with Crippen molar-refractivity contribution in [1.29, 1.82) is 0 Å². The van der Waals surface area contributed by atoms with Crippen molar-refractivity contribution in [3.05, 3.63) is 29.8 Å². The van der Waals surface area contributed by atoms with Crippen LogP contribution in [0.15, 0.2) is 24.3 Å². The average molecular weight is 192 g/mol. The van der Waals surface area contributed by atoms with E-state index in [2.05, 4.69) is 17.3 Å². The summed E-state index contributed by atoms with van der Waals surface area (Å²) >= 11 is 0. The first-order valence-electron chi connectivity index (χ1n) is 4.95. The zero-order chi connectivity index (χ0) is 9.97. The zero-order valence-corrected chi connectivity index (χ0v) is 8.40. The molecule has 0 amide bonds. The van der Waals surface area contributed by atoms with Crippen LogP contribution >= 0.6 is 0 Å². The van der Waals surface area contributed by atoms with Gasteiger partial charge in [-0.2, -0.15) is 0 Å². The van der Waals surface area contributed by atoms with E-state index in [4.69, 9.17) is 0 Å². The second kappa shape index (κ2) is 3.98. The first-order chi connectivity index (χ1) is 6.77. The van der Waals surface area contributed by atoms with Gasteiger partial charge in [-0.1, -0.05) is 18.2 Å². The third-order valence-electron chi connectivity index (χ3n) is 2.79. The second-order valence-electron chi connectivity index (χ2n) is 3.86. The Kier molecular flexibility index (Phi) is 2.70. The summed E-state index contributed by atoms with van der Waals surface area (Å²) in [6.07, 6.45) is 0. The van der Waals surface area contributed by atoms with Crippen molar-refractivity contribution < 1.29 is 5.11 Å². The van der Waals surface area contributed by atoms with Crippen molar-refractivity contribution in [2.24, 2.45) is 0 Å². The van der Waals surface area contributed by atoms with Gasteiger partial charge in [-0.05, 0) is 13.1 Å². The van der Waals surface area contributed by atoms with E-state index in [1.807, 2.05) is 18.2 Å². The van der Waals surface area contributed by atoms with E-state index in [-0.39, 0.29) is 0 Å². The van der Waals surface area contributed by atoms with E-state index >= 15 is 0 Å². The van der Waals surface area contributed by atoms with Crippen molar-refractivity contribution >= 4 is 0 Å². The number of phenolic OH excluding ortho intramolecular Hbond substituents is 1.